The van der Waals surface area contributed by atoms with Crippen molar-refractivity contribution in [3.63, 3.8) is 0 Å². The SMILES string of the molecule is CN1C(Cn2ccc3c(C(=O)c4c(F)cc(F)cc4F)c[nH]c3c2=O)=CN2C=CC(C(F)(F)F)=CC21. The summed E-state index contributed by atoms with van der Waals surface area (Å²) < 4.78 is 82.0. The average Bonchev–Trinajstić information content (AvgIpc) is 3.36. The van der Waals surface area contributed by atoms with Crippen molar-refractivity contribution in [3.05, 3.63) is 105 Å². The molecule has 0 saturated heterocycles. The first kappa shape index (κ1) is 23.5. The monoisotopic (exact) mass is 506 g/mol. The molecule has 6 nitrogen and oxygen atoms in total. The van der Waals surface area contributed by atoms with Crippen LogP contribution in [0, 0.1) is 17.5 Å². The van der Waals surface area contributed by atoms with Crippen molar-refractivity contribution in [1.29, 1.82) is 0 Å². The Labute approximate surface area is 199 Å². The lowest BCUT2D eigenvalue weighted by Crippen LogP contribution is -2.37. The maximum Gasteiger partial charge on any atom is 0.416 e. The second-order valence-corrected chi connectivity index (χ2v) is 8.34. The van der Waals surface area contributed by atoms with E-state index in [1.54, 1.807) is 23.0 Å². The number of halogens is 6. The third-order valence-electron chi connectivity index (χ3n) is 6.16. The van der Waals surface area contributed by atoms with Gasteiger partial charge in [-0.25, -0.2) is 13.2 Å². The lowest BCUT2D eigenvalue weighted by Gasteiger charge is -2.30. The number of pyridine rings is 1. The lowest BCUT2D eigenvalue weighted by atomic mass is 10.0. The third kappa shape index (κ3) is 3.78. The molecule has 2 aromatic heterocycles. The van der Waals surface area contributed by atoms with E-state index in [9.17, 15) is 35.9 Å². The number of alkyl halides is 3. The standard InChI is InChI=1S/C24H16F6N4O2/c1-32-14(10-33-4-2-12(6-19(32)33)24(28,29)30)11-34-5-3-15-16(9-31-21(15)23(34)36)22(35)20-17(26)7-13(25)8-18(20)27/h2-10,19,31H,11H2,1H3. The van der Waals surface area contributed by atoms with Crippen LogP contribution in [0.5, 0.6) is 0 Å². The highest BCUT2D eigenvalue weighted by Crippen LogP contribution is 2.34. The van der Waals surface area contributed by atoms with Crippen LogP contribution in [-0.2, 0) is 6.54 Å². The van der Waals surface area contributed by atoms with Crippen molar-refractivity contribution < 1.29 is 31.1 Å². The van der Waals surface area contributed by atoms with E-state index in [4.69, 9.17) is 0 Å². The number of aromatic nitrogens is 2. The normalized spacial score (nSPS) is 17.5. The van der Waals surface area contributed by atoms with Crippen LogP contribution in [0.2, 0.25) is 0 Å². The van der Waals surface area contributed by atoms with E-state index in [1.165, 1.54) is 23.0 Å². The lowest BCUT2D eigenvalue weighted by molar-refractivity contribution is -0.0894. The van der Waals surface area contributed by atoms with E-state index in [2.05, 4.69) is 4.98 Å². The molecule has 0 radical (unpaired) electrons. The number of nitrogens with one attached hydrogen (secondary N) is 1. The maximum absolute atomic E-state index is 14.1. The number of carbonyl (C=O) groups excluding carboxylic acids is 1. The highest BCUT2D eigenvalue weighted by atomic mass is 19.4. The summed E-state index contributed by atoms with van der Waals surface area (Å²) in [6, 6.07) is 2.18. The van der Waals surface area contributed by atoms with Gasteiger partial charge in [0.1, 0.15) is 29.1 Å². The van der Waals surface area contributed by atoms with Gasteiger partial charge in [0.25, 0.3) is 5.56 Å². The quantitative estimate of drug-likeness (QED) is 0.421. The van der Waals surface area contributed by atoms with Crippen LogP contribution >= 0.6 is 0 Å². The van der Waals surface area contributed by atoms with Gasteiger partial charge in [-0.15, -0.1) is 0 Å². The predicted octanol–water partition coefficient (Wildman–Crippen LogP) is 4.41. The maximum atomic E-state index is 14.1. The molecule has 186 valence electrons. The number of H-pyrrole nitrogens is 1. The molecule has 1 unspecified atom stereocenters. The van der Waals surface area contributed by atoms with Gasteiger partial charge in [-0.1, -0.05) is 0 Å². The second kappa shape index (κ2) is 8.18. The number of hydrogen-bond donors (Lipinski definition) is 1. The Hall–Kier alpha value is -4.22. The van der Waals surface area contributed by atoms with Crippen LogP contribution in [-0.4, -0.2) is 44.5 Å². The largest absolute Gasteiger partial charge is 0.416 e. The molecule has 1 N–H and O–H groups in total. The zero-order valence-corrected chi connectivity index (χ0v) is 18.4. The zero-order valence-electron chi connectivity index (χ0n) is 18.4. The molecule has 4 heterocycles. The van der Waals surface area contributed by atoms with Crippen LogP contribution < -0.4 is 5.56 Å². The van der Waals surface area contributed by atoms with E-state index < -0.39 is 52.3 Å². The average molecular weight is 506 g/mol. The first-order chi connectivity index (χ1) is 17.0. The Bertz CT molecular complexity index is 1540. The second-order valence-electron chi connectivity index (χ2n) is 8.34. The minimum atomic E-state index is -4.49. The predicted molar refractivity (Wildman–Crippen MR) is 117 cm³/mol. The van der Waals surface area contributed by atoms with Gasteiger partial charge in [0.2, 0.25) is 5.78 Å². The summed E-state index contributed by atoms with van der Waals surface area (Å²) in [4.78, 5) is 31.7. The van der Waals surface area contributed by atoms with Crippen LogP contribution in [0.25, 0.3) is 10.9 Å². The number of benzene rings is 1. The van der Waals surface area contributed by atoms with E-state index in [-0.39, 0.29) is 23.0 Å². The topological polar surface area (TPSA) is 61.3 Å². The third-order valence-corrected chi connectivity index (χ3v) is 6.16. The molecule has 36 heavy (non-hydrogen) atoms. The number of allylic oxidation sites excluding steroid dienone is 3. The molecule has 1 aromatic carbocycles. The Kier molecular flexibility index (Phi) is 5.34. The Balaban J connectivity index is 1.45. The van der Waals surface area contributed by atoms with Crippen LogP contribution in [0.15, 0.2) is 71.2 Å². The van der Waals surface area contributed by atoms with Gasteiger partial charge >= 0.3 is 6.18 Å². The molecule has 3 aromatic rings. The number of aromatic amines is 1. The Morgan fingerprint density at radius 3 is 2.50 bits per heavy atom. The summed E-state index contributed by atoms with van der Waals surface area (Å²) in [5.41, 5.74) is -1.93. The van der Waals surface area contributed by atoms with Crippen molar-refractivity contribution in [2.75, 3.05) is 7.05 Å². The minimum Gasteiger partial charge on any atom is -0.356 e. The van der Waals surface area contributed by atoms with Gasteiger partial charge in [-0.2, -0.15) is 13.2 Å². The Morgan fingerprint density at radius 1 is 1.14 bits per heavy atom. The molecule has 0 aliphatic carbocycles. The molecule has 2 aliphatic heterocycles. The molecule has 5 rings (SSSR count). The number of fused-ring (bicyclic) bond motifs is 2. The smallest absolute Gasteiger partial charge is 0.356 e. The number of nitrogens with zero attached hydrogens (tertiary/aromatic N) is 3. The summed E-state index contributed by atoms with van der Waals surface area (Å²) >= 11 is 0. The molecule has 0 amide bonds. The van der Waals surface area contributed by atoms with E-state index in [0.717, 1.165) is 18.3 Å². The molecule has 2 aliphatic rings. The highest BCUT2D eigenvalue weighted by molar-refractivity contribution is 6.16. The minimum absolute atomic E-state index is 0.00478. The number of rotatable bonds is 4. The first-order valence-corrected chi connectivity index (χ1v) is 10.5. The van der Waals surface area contributed by atoms with Crippen molar-refractivity contribution in [2.45, 2.75) is 18.9 Å². The van der Waals surface area contributed by atoms with Crippen molar-refractivity contribution in [2.24, 2.45) is 0 Å². The summed E-state index contributed by atoms with van der Waals surface area (Å²) in [5, 5.41) is 0.108. The summed E-state index contributed by atoms with van der Waals surface area (Å²) in [5.74, 6) is -4.98. The first-order valence-electron chi connectivity index (χ1n) is 10.5. The molecular weight excluding hydrogens is 490 g/mol. The van der Waals surface area contributed by atoms with Crippen LogP contribution in [0.4, 0.5) is 26.3 Å². The molecule has 0 bridgehead atoms. The van der Waals surface area contributed by atoms with Gasteiger partial charge in [0, 0.05) is 54.9 Å². The van der Waals surface area contributed by atoms with Gasteiger partial charge in [-0.05, 0) is 18.2 Å². The van der Waals surface area contributed by atoms with Crippen molar-refractivity contribution >= 4 is 16.7 Å². The Morgan fingerprint density at radius 2 is 1.83 bits per heavy atom. The summed E-state index contributed by atoms with van der Waals surface area (Å²) in [6.07, 6.45) is 2.26. The fourth-order valence-corrected chi connectivity index (χ4v) is 4.30. The van der Waals surface area contributed by atoms with E-state index >= 15 is 0 Å². The van der Waals surface area contributed by atoms with Gasteiger partial charge in [0.05, 0.1) is 23.4 Å². The molecule has 1 atom stereocenters. The van der Waals surface area contributed by atoms with Gasteiger partial charge < -0.3 is 19.4 Å². The van der Waals surface area contributed by atoms with Crippen molar-refractivity contribution in [1.82, 2.24) is 19.4 Å². The van der Waals surface area contributed by atoms with E-state index in [1.807, 2.05) is 0 Å². The van der Waals surface area contributed by atoms with E-state index in [0.29, 0.717) is 17.8 Å². The number of likely N-dealkylation sites (N-methyl/N-ethyl adjacent to an activating group) is 1. The van der Waals surface area contributed by atoms with Crippen LogP contribution in [0.3, 0.4) is 0 Å². The van der Waals surface area contributed by atoms with Gasteiger partial charge in [0.15, 0.2) is 0 Å². The number of carbonyl (C=O) groups is 1. The van der Waals surface area contributed by atoms with Crippen molar-refractivity contribution in [3.8, 4) is 0 Å². The molecule has 0 spiro atoms. The molecular formula is C24H16F6N4O2. The van der Waals surface area contributed by atoms with Gasteiger partial charge in [-0.3, -0.25) is 9.59 Å². The number of hydrogen-bond acceptors (Lipinski definition) is 4. The zero-order chi connectivity index (χ0) is 25.9. The molecule has 0 fully saturated rings. The summed E-state index contributed by atoms with van der Waals surface area (Å²) in [7, 11) is 1.60. The number of ketones is 1. The van der Waals surface area contributed by atoms with Crippen LogP contribution in [0.1, 0.15) is 15.9 Å². The summed E-state index contributed by atoms with van der Waals surface area (Å²) in [6.45, 7) is 0.00478. The highest BCUT2D eigenvalue weighted by Gasteiger charge is 2.38. The fraction of sp³-hybridized carbons (Fsp3) is 0.167. The molecule has 12 heteroatoms. The molecule has 0 saturated carbocycles. The fourth-order valence-electron chi connectivity index (χ4n) is 4.30.